The Morgan fingerprint density at radius 3 is 2.60 bits per heavy atom. The first-order valence-electron chi connectivity index (χ1n) is 9.81. The third kappa shape index (κ3) is 2.78. The quantitative estimate of drug-likeness (QED) is 0.390. The summed E-state index contributed by atoms with van der Waals surface area (Å²) in [6, 6.07) is 19.7. The highest BCUT2D eigenvalue weighted by molar-refractivity contribution is 6.00. The van der Waals surface area contributed by atoms with E-state index in [0.29, 0.717) is 16.9 Å². The molecule has 0 radical (unpaired) electrons. The number of aromatic nitrogens is 3. The number of nitrogens with one attached hydrogen (secondary N) is 2. The number of aliphatic hydroxyl groups excluding tert-OH is 1. The zero-order valence-corrected chi connectivity index (χ0v) is 16.7. The van der Waals surface area contributed by atoms with Crippen molar-refractivity contribution in [2.24, 2.45) is 0 Å². The number of fused-ring (bicyclic) bond motifs is 2. The summed E-state index contributed by atoms with van der Waals surface area (Å²) >= 11 is 0. The summed E-state index contributed by atoms with van der Waals surface area (Å²) in [7, 11) is 0. The molecule has 5 nitrogen and oxygen atoms in total. The average molecular weight is 392 g/mol. The SMILES string of the molecule is Cc1cc(C)c2[nH]cc(-c3ccccc3)c2c1C(O)c1nc2cc(C#N)ccc2[nH]1. The Morgan fingerprint density at radius 1 is 1.03 bits per heavy atom. The fraction of sp³-hybridized carbons (Fsp3) is 0.120. The van der Waals surface area contributed by atoms with Gasteiger partial charge in [-0.2, -0.15) is 5.26 Å². The lowest BCUT2D eigenvalue weighted by atomic mass is 9.92. The topological polar surface area (TPSA) is 88.5 Å². The summed E-state index contributed by atoms with van der Waals surface area (Å²) in [5, 5.41) is 21.6. The molecule has 0 aliphatic rings. The maximum absolute atomic E-state index is 11.4. The molecule has 146 valence electrons. The molecule has 0 bridgehead atoms. The van der Waals surface area contributed by atoms with Gasteiger partial charge in [0.2, 0.25) is 0 Å². The summed E-state index contributed by atoms with van der Waals surface area (Å²) in [5.41, 5.74) is 8.11. The van der Waals surface area contributed by atoms with Gasteiger partial charge in [0.05, 0.1) is 22.7 Å². The first-order chi connectivity index (χ1) is 14.6. The monoisotopic (exact) mass is 392 g/mol. The predicted octanol–water partition coefficient (Wildman–Crippen LogP) is 5.28. The third-order valence-corrected chi connectivity index (χ3v) is 5.65. The van der Waals surface area contributed by atoms with Crippen molar-refractivity contribution < 1.29 is 5.11 Å². The molecule has 3 aromatic carbocycles. The van der Waals surface area contributed by atoms with Gasteiger partial charge in [0.25, 0.3) is 0 Å². The van der Waals surface area contributed by atoms with Gasteiger partial charge in [-0.25, -0.2) is 4.98 Å². The van der Waals surface area contributed by atoms with Crippen LogP contribution in [0, 0.1) is 25.2 Å². The molecular weight excluding hydrogens is 372 g/mol. The van der Waals surface area contributed by atoms with Crippen LogP contribution in [-0.4, -0.2) is 20.1 Å². The average Bonchev–Trinajstić information content (AvgIpc) is 3.38. The number of benzene rings is 3. The number of imidazole rings is 1. The zero-order chi connectivity index (χ0) is 20.8. The Kier molecular flexibility index (Phi) is 4.16. The van der Waals surface area contributed by atoms with Crippen molar-refractivity contribution >= 4 is 21.9 Å². The van der Waals surface area contributed by atoms with Gasteiger partial charge in [0, 0.05) is 28.2 Å². The number of aromatic amines is 2. The summed E-state index contributed by atoms with van der Waals surface area (Å²) < 4.78 is 0. The van der Waals surface area contributed by atoms with E-state index in [4.69, 9.17) is 5.26 Å². The Labute approximate surface area is 173 Å². The summed E-state index contributed by atoms with van der Waals surface area (Å²) in [5.74, 6) is 0.466. The lowest BCUT2D eigenvalue weighted by Crippen LogP contribution is -2.06. The van der Waals surface area contributed by atoms with E-state index in [9.17, 15) is 5.11 Å². The van der Waals surface area contributed by atoms with Crippen molar-refractivity contribution in [3.63, 3.8) is 0 Å². The van der Waals surface area contributed by atoms with Crippen LogP contribution in [0.5, 0.6) is 0 Å². The van der Waals surface area contributed by atoms with Crippen LogP contribution in [0.1, 0.15) is 34.2 Å². The van der Waals surface area contributed by atoms with Crippen LogP contribution in [0.2, 0.25) is 0 Å². The van der Waals surface area contributed by atoms with Crippen LogP contribution >= 0.6 is 0 Å². The van der Waals surface area contributed by atoms with Crippen molar-refractivity contribution in [1.82, 2.24) is 15.0 Å². The van der Waals surface area contributed by atoms with E-state index in [1.54, 1.807) is 12.1 Å². The smallest absolute Gasteiger partial charge is 0.140 e. The number of aliphatic hydroxyl groups is 1. The highest BCUT2D eigenvalue weighted by atomic mass is 16.3. The number of H-pyrrole nitrogens is 2. The van der Waals surface area contributed by atoms with E-state index in [1.165, 1.54) is 0 Å². The van der Waals surface area contributed by atoms with Crippen molar-refractivity contribution in [3.05, 3.63) is 88.9 Å². The molecule has 30 heavy (non-hydrogen) atoms. The second-order valence-electron chi connectivity index (χ2n) is 7.61. The van der Waals surface area contributed by atoms with Crippen molar-refractivity contribution in [2.45, 2.75) is 20.0 Å². The van der Waals surface area contributed by atoms with Gasteiger partial charge in [-0.1, -0.05) is 36.4 Å². The van der Waals surface area contributed by atoms with Crippen molar-refractivity contribution in [2.75, 3.05) is 0 Å². The maximum atomic E-state index is 11.4. The molecule has 0 fully saturated rings. The van der Waals surface area contributed by atoms with E-state index in [1.807, 2.05) is 37.4 Å². The molecule has 5 rings (SSSR count). The maximum Gasteiger partial charge on any atom is 0.140 e. The Hall–Kier alpha value is -3.88. The number of nitriles is 1. The van der Waals surface area contributed by atoms with E-state index in [0.717, 1.165) is 44.2 Å². The highest BCUT2D eigenvalue weighted by Crippen LogP contribution is 2.39. The minimum Gasteiger partial charge on any atom is -0.380 e. The molecule has 0 aliphatic heterocycles. The summed E-state index contributed by atoms with van der Waals surface area (Å²) in [6.07, 6.45) is 1.07. The van der Waals surface area contributed by atoms with Gasteiger partial charge in [-0.15, -0.1) is 0 Å². The van der Waals surface area contributed by atoms with Gasteiger partial charge in [0.1, 0.15) is 11.9 Å². The lowest BCUT2D eigenvalue weighted by molar-refractivity contribution is 0.212. The van der Waals surface area contributed by atoms with E-state index >= 15 is 0 Å². The fourth-order valence-corrected chi connectivity index (χ4v) is 4.25. The van der Waals surface area contributed by atoms with Crippen LogP contribution in [0.4, 0.5) is 0 Å². The second kappa shape index (κ2) is 6.87. The van der Waals surface area contributed by atoms with Crippen LogP contribution in [0.25, 0.3) is 33.1 Å². The Bertz CT molecular complexity index is 1440. The molecule has 0 saturated carbocycles. The Morgan fingerprint density at radius 2 is 1.83 bits per heavy atom. The van der Waals surface area contributed by atoms with Crippen molar-refractivity contribution in [3.8, 4) is 17.2 Å². The molecule has 1 atom stereocenters. The molecular formula is C25H20N4O. The minimum atomic E-state index is -0.927. The normalized spacial score (nSPS) is 12.3. The zero-order valence-electron chi connectivity index (χ0n) is 16.7. The molecule has 2 aromatic heterocycles. The number of nitrogens with zero attached hydrogens (tertiary/aromatic N) is 2. The number of hydrogen-bond donors (Lipinski definition) is 3. The number of aryl methyl sites for hydroxylation is 2. The third-order valence-electron chi connectivity index (χ3n) is 5.65. The van der Waals surface area contributed by atoms with Gasteiger partial charge in [0.15, 0.2) is 0 Å². The number of hydrogen-bond acceptors (Lipinski definition) is 3. The molecule has 0 spiro atoms. The van der Waals surface area contributed by atoms with Crippen molar-refractivity contribution in [1.29, 1.82) is 5.26 Å². The fourth-order valence-electron chi connectivity index (χ4n) is 4.25. The molecule has 5 aromatic rings. The van der Waals surface area contributed by atoms with Crippen LogP contribution < -0.4 is 0 Å². The van der Waals surface area contributed by atoms with E-state index in [-0.39, 0.29) is 0 Å². The molecule has 2 heterocycles. The predicted molar refractivity (Wildman–Crippen MR) is 118 cm³/mol. The number of rotatable bonds is 3. The van der Waals surface area contributed by atoms with E-state index < -0.39 is 6.10 Å². The molecule has 5 heteroatoms. The Balaban J connectivity index is 1.74. The summed E-state index contributed by atoms with van der Waals surface area (Å²) in [6.45, 7) is 4.09. The first kappa shape index (κ1) is 18.2. The molecule has 0 aliphatic carbocycles. The van der Waals surface area contributed by atoms with Crippen LogP contribution in [-0.2, 0) is 0 Å². The standard InChI is InChI=1S/C25H20N4O/c1-14-10-15(2)23-22(18(13-27-23)17-6-4-3-5-7-17)21(14)24(30)25-28-19-9-8-16(12-26)11-20(19)29-25/h3-11,13,24,27,30H,1-2H3,(H,28,29). The minimum absolute atomic E-state index is 0.466. The largest absolute Gasteiger partial charge is 0.380 e. The van der Waals surface area contributed by atoms with Gasteiger partial charge in [-0.05, 0) is 48.7 Å². The first-order valence-corrected chi connectivity index (χ1v) is 9.81. The van der Waals surface area contributed by atoms with E-state index in [2.05, 4.69) is 46.1 Å². The molecule has 1 unspecified atom stereocenters. The van der Waals surface area contributed by atoms with Gasteiger partial charge >= 0.3 is 0 Å². The van der Waals surface area contributed by atoms with Gasteiger partial charge < -0.3 is 15.1 Å². The highest BCUT2D eigenvalue weighted by Gasteiger charge is 2.23. The lowest BCUT2D eigenvalue weighted by Gasteiger charge is -2.16. The molecule has 0 amide bonds. The second-order valence-corrected chi connectivity index (χ2v) is 7.61. The summed E-state index contributed by atoms with van der Waals surface area (Å²) in [4.78, 5) is 11.2. The van der Waals surface area contributed by atoms with Crippen LogP contribution in [0.15, 0.2) is 60.8 Å². The van der Waals surface area contributed by atoms with Gasteiger partial charge in [-0.3, -0.25) is 0 Å². The molecule has 3 N–H and O–H groups in total. The molecule has 0 saturated heterocycles. The van der Waals surface area contributed by atoms with Crippen LogP contribution in [0.3, 0.4) is 0 Å².